The summed E-state index contributed by atoms with van der Waals surface area (Å²) >= 11 is 0. The van der Waals surface area contributed by atoms with Gasteiger partial charge in [-0.05, 0) is 18.6 Å². The lowest BCUT2D eigenvalue weighted by Gasteiger charge is -2.13. The zero-order valence-electron chi connectivity index (χ0n) is 11.3. The summed E-state index contributed by atoms with van der Waals surface area (Å²) in [5, 5.41) is 1.59. The standard InChI is InChI=1S/C17H16N2O/c1-14-7-9-16(10-8-14)17-13-18-19(20-17)12-11-15-5-3-2-4-6-15/h2-13,18H,1H3. The molecule has 1 aliphatic rings. The second-order valence-corrected chi connectivity index (χ2v) is 4.65. The average Bonchev–Trinajstić information content (AvgIpc) is 2.96. The average molecular weight is 264 g/mol. The van der Waals surface area contributed by atoms with Crippen LogP contribution in [-0.2, 0) is 4.84 Å². The molecular formula is C17H16N2O. The smallest absolute Gasteiger partial charge is 0.182 e. The van der Waals surface area contributed by atoms with E-state index in [4.69, 9.17) is 4.84 Å². The summed E-state index contributed by atoms with van der Waals surface area (Å²) in [5.41, 5.74) is 6.47. The largest absolute Gasteiger partial charge is 0.358 e. The Kier molecular flexibility index (Phi) is 3.42. The van der Waals surface area contributed by atoms with Gasteiger partial charge in [0.05, 0.1) is 12.4 Å². The fourth-order valence-corrected chi connectivity index (χ4v) is 1.93. The van der Waals surface area contributed by atoms with Crippen LogP contribution in [-0.4, -0.2) is 5.17 Å². The molecule has 2 aromatic rings. The third-order valence-electron chi connectivity index (χ3n) is 3.06. The quantitative estimate of drug-likeness (QED) is 0.914. The Morgan fingerprint density at radius 2 is 1.75 bits per heavy atom. The van der Waals surface area contributed by atoms with Gasteiger partial charge >= 0.3 is 0 Å². The molecule has 0 spiro atoms. The highest BCUT2D eigenvalue weighted by atomic mass is 16.7. The molecule has 0 saturated carbocycles. The maximum atomic E-state index is 5.71. The molecule has 0 radical (unpaired) electrons. The van der Waals surface area contributed by atoms with Crippen molar-refractivity contribution in [3.8, 4) is 0 Å². The van der Waals surface area contributed by atoms with Crippen molar-refractivity contribution in [2.75, 3.05) is 0 Å². The molecule has 3 rings (SSSR count). The maximum absolute atomic E-state index is 5.71. The third-order valence-corrected chi connectivity index (χ3v) is 3.06. The van der Waals surface area contributed by atoms with E-state index in [2.05, 4.69) is 24.5 Å². The Balaban J connectivity index is 1.64. The van der Waals surface area contributed by atoms with Crippen LogP contribution in [0.5, 0.6) is 0 Å². The fraction of sp³-hybridized carbons (Fsp3) is 0.0588. The molecule has 0 aliphatic carbocycles. The molecule has 0 unspecified atom stereocenters. The molecule has 100 valence electrons. The second kappa shape index (κ2) is 5.53. The number of hydrazine groups is 1. The first kappa shape index (κ1) is 12.4. The van der Waals surface area contributed by atoms with Gasteiger partial charge in [0.25, 0.3) is 0 Å². The monoisotopic (exact) mass is 264 g/mol. The Morgan fingerprint density at radius 1 is 1.00 bits per heavy atom. The van der Waals surface area contributed by atoms with Crippen LogP contribution in [0.1, 0.15) is 16.7 Å². The van der Waals surface area contributed by atoms with Crippen LogP contribution >= 0.6 is 0 Å². The van der Waals surface area contributed by atoms with Gasteiger partial charge in [-0.25, -0.2) is 0 Å². The van der Waals surface area contributed by atoms with E-state index in [1.54, 1.807) is 5.17 Å². The van der Waals surface area contributed by atoms with Gasteiger partial charge < -0.3 is 4.84 Å². The van der Waals surface area contributed by atoms with Gasteiger partial charge in [-0.1, -0.05) is 60.2 Å². The highest BCUT2D eigenvalue weighted by Crippen LogP contribution is 2.21. The maximum Gasteiger partial charge on any atom is 0.182 e. The lowest BCUT2D eigenvalue weighted by Crippen LogP contribution is -2.21. The van der Waals surface area contributed by atoms with E-state index in [1.807, 2.05) is 60.9 Å². The lowest BCUT2D eigenvalue weighted by molar-refractivity contribution is -0.0493. The summed E-state index contributed by atoms with van der Waals surface area (Å²) in [6.07, 6.45) is 5.69. The number of nitrogens with zero attached hydrogens (tertiary/aromatic N) is 1. The Bertz CT molecular complexity index is 630. The first-order valence-corrected chi connectivity index (χ1v) is 6.55. The van der Waals surface area contributed by atoms with Crippen LogP contribution < -0.4 is 5.43 Å². The molecule has 0 fully saturated rings. The first-order chi connectivity index (χ1) is 9.81. The van der Waals surface area contributed by atoms with E-state index in [0.29, 0.717) is 0 Å². The van der Waals surface area contributed by atoms with E-state index in [0.717, 1.165) is 16.9 Å². The minimum atomic E-state index is 0.808. The summed E-state index contributed by atoms with van der Waals surface area (Å²) in [7, 11) is 0. The van der Waals surface area contributed by atoms with E-state index in [1.165, 1.54) is 5.56 Å². The Hall–Kier alpha value is -2.68. The van der Waals surface area contributed by atoms with Crippen LogP contribution in [0.15, 0.2) is 67.0 Å². The lowest BCUT2D eigenvalue weighted by atomic mass is 10.1. The summed E-state index contributed by atoms with van der Waals surface area (Å²) in [5.74, 6) is 0.808. The first-order valence-electron chi connectivity index (χ1n) is 6.55. The SMILES string of the molecule is Cc1ccc(C2=CNN(C=Cc3ccccc3)O2)cc1. The predicted octanol–water partition coefficient (Wildman–Crippen LogP) is 3.72. The minimum absolute atomic E-state index is 0.808. The number of benzene rings is 2. The van der Waals surface area contributed by atoms with Crippen LogP contribution in [0.2, 0.25) is 0 Å². The summed E-state index contributed by atoms with van der Waals surface area (Å²) in [4.78, 5) is 5.71. The number of hydrogen-bond donors (Lipinski definition) is 1. The van der Waals surface area contributed by atoms with Crippen molar-refractivity contribution in [1.29, 1.82) is 0 Å². The van der Waals surface area contributed by atoms with E-state index < -0.39 is 0 Å². The molecule has 2 aromatic carbocycles. The van der Waals surface area contributed by atoms with Crippen LogP contribution in [0.3, 0.4) is 0 Å². The summed E-state index contributed by atoms with van der Waals surface area (Å²) in [6, 6.07) is 18.3. The number of hydroxylamine groups is 1. The van der Waals surface area contributed by atoms with Crippen molar-refractivity contribution < 1.29 is 4.84 Å². The summed E-state index contributed by atoms with van der Waals surface area (Å²) in [6.45, 7) is 2.07. The normalized spacial score (nSPS) is 14.1. The van der Waals surface area contributed by atoms with Crippen LogP contribution in [0, 0.1) is 6.92 Å². The number of nitrogens with one attached hydrogen (secondary N) is 1. The Morgan fingerprint density at radius 3 is 2.50 bits per heavy atom. The molecule has 1 aliphatic heterocycles. The van der Waals surface area contributed by atoms with Crippen molar-refractivity contribution in [3.05, 3.63) is 83.7 Å². The topological polar surface area (TPSA) is 24.5 Å². The molecular weight excluding hydrogens is 248 g/mol. The third kappa shape index (κ3) is 2.83. The van der Waals surface area contributed by atoms with E-state index in [9.17, 15) is 0 Å². The molecule has 1 N–H and O–H groups in total. The van der Waals surface area contributed by atoms with Gasteiger partial charge in [0.2, 0.25) is 0 Å². The number of rotatable bonds is 3. The van der Waals surface area contributed by atoms with Gasteiger partial charge in [0, 0.05) is 5.56 Å². The van der Waals surface area contributed by atoms with Crippen LogP contribution in [0.25, 0.3) is 11.8 Å². The fourth-order valence-electron chi connectivity index (χ4n) is 1.93. The van der Waals surface area contributed by atoms with E-state index in [-0.39, 0.29) is 0 Å². The van der Waals surface area contributed by atoms with Gasteiger partial charge in [0.1, 0.15) is 0 Å². The minimum Gasteiger partial charge on any atom is -0.358 e. The zero-order valence-corrected chi connectivity index (χ0v) is 11.3. The zero-order chi connectivity index (χ0) is 13.8. The molecule has 0 bridgehead atoms. The van der Waals surface area contributed by atoms with Gasteiger partial charge in [-0.2, -0.15) is 0 Å². The van der Waals surface area contributed by atoms with Gasteiger partial charge in [-0.15, -0.1) is 5.17 Å². The highest BCUT2D eigenvalue weighted by Gasteiger charge is 2.13. The highest BCUT2D eigenvalue weighted by molar-refractivity contribution is 5.60. The van der Waals surface area contributed by atoms with Crippen molar-refractivity contribution in [2.45, 2.75) is 6.92 Å². The number of aryl methyl sites for hydroxylation is 1. The van der Waals surface area contributed by atoms with Gasteiger partial charge in [-0.3, -0.25) is 5.43 Å². The molecule has 20 heavy (non-hydrogen) atoms. The molecule has 3 heteroatoms. The van der Waals surface area contributed by atoms with Crippen molar-refractivity contribution in [1.82, 2.24) is 10.6 Å². The van der Waals surface area contributed by atoms with Gasteiger partial charge in [0.15, 0.2) is 5.76 Å². The van der Waals surface area contributed by atoms with Crippen molar-refractivity contribution in [2.24, 2.45) is 0 Å². The number of hydrogen-bond acceptors (Lipinski definition) is 3. The predicted molar refractivity (Wildman–Crippen MR) is 80.7 cm³/mol. The molecule has 0 atom stereocenters. The molecule has 0 aromatic heterocycles. The molecule has 0 saturated heterocycles. The molecule has 3 nitrogen and oxygen atoms in total. The molecule has 0 amide bonds. The van der Waals surface area contributed by atoms with Crippen molar-refractivity contribution in [3.63, 3.8) is 0 Å². The molecule has 1 heterocycles. The van der Waals surface area contributed by atoms with Crippen molar-refractivity contribution >= 4 is 11.8 Å². The summed E-state index contributed by atoms with van der Waals surface area (Å²) < 4.78 is 0. The van der Waals surface area contributed by atoms with Crippen LogP contribution in [0.4, 0.5) is 0 Å². The van der Waals surface area contributed by atoms with E-state index >= 15 is 0 Å². The Labute approximate surface area is 118 Å². The second-order valence-electron chi connectivity index (χ2n) is 4.65.